The van der Waals surface area contributed by atoms with E-state index in [0.29, 0.717) is 12.3 Å². The monoisotopic (exact) mass is 212 g/mol. The van der Waals surface area contributed by atoms with Crippen molar-refractivity contribution in [1.82, 2.24) is 0 Å². The molecule has 2 N–H and O–H groups in total. The lowest BCUT2D eigenvalue weighted by Crippen LogP contribution is -2.35. The lowest BCUT2D eigenvalue weighted by atomic mass is 9.79. The molecule has 2 unspecified atom stereocenters. The fourth-order valence-electron chi connectivity index (χ4n) is 2.52. The zero-order valence-electron chi connectivity index (χ0n) is 9.73. The van der Waals surface area contributed by atoms with E-state index in [1.165, 1.54) is 19.3 Å². The van der Waals surface area contributed by atoms with E-state index in [2.05, 4.69) is 6.58 Å². The summed E-state index contributed by atoms with van der Waals surface area (Å²) in [7, 11) is 0. The van der Waals surface area contributed by atoms with Crippen molar-refractivity contribution in [1.29, 1.82) is 0 Å². The summed E-state index contributed by atoms with van der Waals surface area (Å²) in [6.45, 7) is 5.55. The van der Waals surface area contributed by atoms with Crippen LogP contribution in [-0.2, 0) is 0 Å². The average molecular weight is 212 g/mol. The van der Waals surface area contributed by atoms with E-state index in [-0.39, 0.29) is 12.0 Å². The standard InChI is InChI=1S/C13H24O2/c1-3-7-12(14)10(2)13(15)11-8-5-4-6-9-11/h3,10-15H,1,4-9H2,2H3/t10-,12?,13?/m0/s1. The van der Waals surface area contributed by atoms with Crippen molar-refractivity contribution < 1.29 is 10.2 Å². The third-order valence-corrected chi connectivity index (χ3v) is 3.69. The van der Waals surface area contributed by atoms with Gasteiger partial charge < -0.3 is 10.2 Å². The Kier molecular flexibility index (Phi) is 5.34. The van der Waals surface area contributed by atoms with Crippen LogP contribution in [0.3, 0.4) is 0 Å². The molecule has 0 amide bonds. The van der Waals surface area contributed by atoms with Gasteiger partial charge in [0.1, 0.15) is 0 Å². The van der Waals surface area contributed by atoms with Gasteiger partial charge in [0.05, 0.1) is 12.2 Å². The molecule has 1 rings (SSSR count). The third kappa shape index (κ3) is 3.62. The van der Waals surface area contributed by atoms with Gasteiger partial charge in [0.15, 0.2) is 0 Å². The summed E-state index contributed by atoms with van der Waals surface area (Å²) in [5.41, 5.74) is 0. The molecule has 2 nitrogen and oxygen atoms in total. The molecule has 0 radical (unpaired) electrons. The maximum absolute atomic E-state index is 10.1. The van der Waals surface area contributed by atoms with Crippen molar-refractivity contribution in [2.45, 2.75) is 57.7 Å². The van der Waals surface area contributed by atoms with Crippen LogP contribution in [-0.4, -0.2) is 22.4 Å². The van der Waals surface area contributed by atoms with E-state index >= 15 is 0 Å². The smallest absolute Gasteiger partial charge is 0.0624 e. The number of aliphatic hydroxyl groups is 2. The first-order chi connectivity index (χ1) is 7.16. The molecule has 15 heavy (non-hydrogen) atoms. The third-order valence-electron chi connectivity index (χ3n) is 3.69. The predicted octanol–water partition coefficient (Wildman–Crippen LogP) is 2.50. The Morgan fingerprint density at radius 1 is 1.27 bits per heavy atom. The van der Waals surface area contributed by atoms with Crippen LogP contribution >= 0.6 is 0 Å². The summed E-state index contributed by atoms with van der Waals surface area (Å²) >= 11 is 0. The molecule has 0 saturated heterocycles. The topological polar surface area (TPSA) is 40.5 Å². The molecule has 0 aromatic heterocycles. The Morgan fingerprint density at radius 2 is 1.87 bits per heavy atom. The number of rotatable bonds is 5. The van der Waals surface area contributed by atoms with Crippen molar-refractivity contribution in [2.75, 3.05) is 0 Å². The maximum atomic E-state index is 10.1. The molecule has 1 aliphatic carbocycles. The molecule has 88 valence electrons. The average Bonchev–Trinajstić information content (AvgIpc) is 2.28. The second kappa shape index (κ2) is 6.29. The highest BCUT2D eigenvalue weighted by molar-refractivity contribution is 4.84. The van der Waals surface area contributed by atoms with Crippen LogP contribution in [0.25, 0.3) is 0 Å². The molecule has 1 saturated carbocycles. The van der Waals surface area contributed by atoms with Gasteiger partial charge in [-0.2, -0.15) is 0 Å². The van der Waals surface area contributed by atoms with Crippen molar-refractivity contribution in [3.63, 3.8) is 0 Å². The Labute approximate surface area is 93.0 Å². The summed E-state index contributed by atoms with van der Waals surface area (Å²) in [6.07, 6.45) is 7.49. The highest BCUT2D eigenvalue weighted by Crippen LogP contribution is 2.30. The van der Waals surface area contributed by atoms with Gasteiger partial charge in [0.2, 0.25) is 0 Å². The molecule has 1 aliphatic rings. The number of aliphatic hydroxyl groups excluding tert-OH is 2. The first-order valence-corrected chi connectivity index (χ1v) is 6.13. The van der Waals surface area contributed by atoms with Crippen LogP contribution in [0, 0.1) is 11.8 Å². The molecule has 0 bridgehead atoms. The van der Waals surface area contributed by atoms with Gasteiger partial charge in [-0.3, -0.25) is 0 Å². The normalized spacial score (nSPS) is 24.5. The lowest BCUT2D eigenvalue weighted by molar-refractivity contribution is -0.0182. The fourth-order valence-corrected chi connectivity index (χ4v) is 2.52. The maximum Gasteiger partial charge on any atom is 0.0624 e. The molecule has 0 aromatic rings. The molecule has 2 heteroatoms. The quantitative estimate of drug-likeness (QED) is 0.687. The number of hydrogen-bond donors (Lipinski definition) is 2. The molecule has 0 aromatic carbocycles. The minimum absolute atomic E-state index is 0.0360. The first kappa shape index (κ1) is 12.7. The van der Waals surface area contributed by atoms with Crippen LogP contribution < -0.4 is 0 Å². The van der Waals surface area contributed by atoms with Gasteiger partial charge in [0.25, 0.3) is 0 Å². The second-order valence-corrected chi connectivity index (χ2v) is 4.84. The Morgan fingerprint density at radius 3 is 2.40 bits per heavy atom. The highest BCUT2D eigenvalue weighted by Gasteiger charge is 2.29. The van der Waals surface area contributed by atoms with Gasteiger partial charge in [-0.1, -0.05) is 32.3 Å². The van der Waals surface area contributed by atoms with Crippen LogP contribution in [0.1, 0.15) is 45.4 Å². The van der Waals surface area contributed by atoms with E-state index in [0.717, 1.165) is 12.8 Å². The van der Waals surface area contributed by atoms with Gasteiger partial charge in [-0.15, -0.1) is 6.58 Å². The molecule has 1 fully saturated rings. The first-order valence-electron chi connectivity index (χ1n) is 6.13. The van der Waals surface area contributed by atoms with Crippen LogP contribution in [0.4, 0.5) is 0 Å². The highest BCUT2D eigenvalue weighted by atomic mass is 16.3. The van der Waals surface area contributed by atoms with Crippen molar-refractivity contribution in [2.24, 2.45) is 11.8 Å². The lowest BCUT2D eigenvalue weighted by Gasteiger charge is -2.32. The molecule has 0 aliphatic heterocycles. The zero-order chi connectivity index (χ0) is 11.3. The zero-order valence-corrected chi connectivity index (χ0v) is 9.73. The Balaban J connectivity index is 2.42. The second-order valence-electron chi connectivity index (χ2n) is 4.84. The number of hydrogen-bond acceptors (Lipinski definition) is 2. The van der Waals surface area contributed by atoms with E-state index in [9.17, 15) is 10.2 Å². The Bertz CT molecular complexity index is 185. The van der Waals surface area contributed by atoms with E-state index in [1.54, 1.807) is 6.08 Å². The molecule has 3 atom stereocenters. The van der Waals surface area contributed by atoms with Crippen LogP contribution in [0.2, 0.25) is 0 Å². The molecular weight excluding hydrogens is 188 g/mol. The van der Waals surface area contributed by atoms with Crippen LogP contribution in [0.15, 0.2) is 12.7 Å². The SMILES string of the molecule is C=CCC(O)[C@H](C)C(O)C1CCCCC1. The van der Waals surface area contributed by atoms with Crippen molar-refractivity contribution in [3.05, 3.63) is 12.7 Å². The molecule has 0 heterocycles. The summed E-state index contributed by atoms with van der Waals surface area (Å²) in [5.74, 6) is 0.360. The molecule has 0 spiro atoms. The van der Waals surface area contributed by atoms with E-state index in [4.69, 9.17) is 0 Å². The van der Waals surface area contributed by atoms with Crippen molar-refractivity contribution in [3.8, 4) is 0 Å². The van der Waals surface area contributed by atoms with E-state index < -0.39 is 6.10 Å². The molecular formula is C13H24O2. The van der Waals surface area contributed by atoms with Gasteiger partial charge in [-0.05, 0) is 25.2 Å². The Hall–Kier alpha value is -0.340. The summed E-state index contributed by atoms with van der Waals surface area (Å²) in [5, 5.41) is 19.9. The summed E-state index contributed by atoms with van der Waals surface area (Å²) < 4.78 is 0. The van der Waals surface area contributed by atoms with E-state index in [1.807, 2.05) is 6.92 Å². The summed E-state index contributed by atoms with van der Waals surface area (Å²) in [4.78, 5) is 0. The predicted molar refractivity (Wildman–Crippen MR) is 62.6 cm³/mol. The summed E-state index contributed by atoms with van der Waals surface area (Å²) in [6, 6.07) is 0. The van der Waals surface area contributed by atoms with Gasteiger partial charge in [0, 0.05) is 5.92 Å². The van der Waals surface area contributed by atoms with Crippen molar-refractivity contribution >= 4 is 0 Å². The minimum atomic E-state index is -0.445. The van der Waals surface area contributed by atoms with Gasteiger partial charge >= 0.3 is 0 Å². The van der Waals surface area contributed by atoms with Crippen LogP contribution in [0.5, 0.6) is 0 Å². The largest absolute Gasteiger partial charge is 0.392 e. The minimum Gasteiger partial charge on any atom is -0.392 e. The fraction of sp³-hybridized carbons (Fsp3) is 0.846. The van der Waals surface area contributed by atoms with Gasteiger partial charge in [-0.25, -0.2) is 0 Å².